The van der Waals surface area contributed by atoms with E-state index >= 15 is 0 Å². The number of aldehydes is 1. The van der Waals surface area contributed by atoms with Gasteiger partial charge in [-0.1, -0.05) is 0 Å². The number of sulfonamides is 1. The smallest absolute Gasteiger partial charge is 0.229 e. The van der Waals surface area contributed by atoms with Crippen LogP contribution in [0, 0.1) is 0 Å². The summed E-state index contributed by atoms with van der Waals surface area (Å²) >= 11 is 0. The summed E-state index contributed by atoms with van der Waals surface area (Å²) in [6.45, 7) is 0. The van der Waals surface area contributed by atoms with Gasteiger partial charge in [0.05, 0.1) is 18.0 Å². The zero-order valence-corrected chi connectivity index (χ0v) is 10.2. The highest BCUT2D eigenvalue weighted by Gasteiger charge is 2.25. The molecule has 1 saturated carbocycles. The molecule has 2 rings (SSSR count). The summed E-state index contributed by atoms with van der Waals surface area (Å²) in [5.74, 6) is 0.405. The molecule has 0 heterocycles. The number of benzene rings is 1. The second-order valence-corrected chi connectivity index (χ2v) is 5.81. The molecule has 5 nitrogen and oxygen atoms in total. The van der Waals surface area contributed by atoms with E-state index in [2.05, 4.69) is 4.72 Å². The quantitative estimate of drug-likeness (QED) is 0.807. The summed E-state index contributed by atoms with van der Waals surface area (Å²) in [7, 11) is -3.35. The SMILES string of the molecule is CS(=O)(=O)Nc1ccc(C=O)cc1OC1CC1. The molecule has 1 aromatic rings. The zero-order chi connectivity index (χ0) is 12.5. The molecular weight excluding hydrogens is 242 g/mol. The van der Waals surface area contributed by atoms with Crippen molar-refractivity contribution in [2.24, 2.45) is 0 Å². The lowest BCUT2D eigenvalue weighted by Crippen LogP contribution is -2.11. The highest BCUT2D eigenvalue weighted by molar-refractivity contribution is 7.92. The zero-order valence-electron chi connectivity index (χ0n) is 9.34. The van der Waals surface area contributed by atoms with Gasteiger partial charge in [-0.15, -0.1) is 0 Å². The molecule has 1 aromatic carbocycles. The van der Waals surface area contributed by atoms with Crippen LogP contribution in [0.2, 0.25) is 0 Å². The van der Waals surface area contributed by atoms with Gasteiger partial charge in [-0.05, 0) is 31.0 Å². The number of hydrogen-bond donors (Lipinski definition) is 1. The maximum absolute atomic E-state index is 11.2. The molecular formula is C11H13NO4S. The molecule has 0 bridgehead atoms. The molecule has 6 heteroatoms. The van der Waals surface area contributed by atoms with Crippen LogP contribution < -0.4 is 9.46 Å². The highest BCUT2D eigenvalue weighted by Crippen LogP contribution is 2.33. The first kappa shape index (κ1) is 11.9. The minimum atomic E-state index is -3.35. The first-order valence-electron chi connectivity index (χ1n) is 5.21. The van der Waals surface area contributed by atoms with Crippen LogP contribution in [0.1, 0.15) is 23.2 Å². The van der Waals surface area contributed by atoms with E-state index in [0.29, 0.717) is 23.3 Å². The average molecular weight is 255 g/mol. The van der Waals surface area contributed by atoms with E-state index in [0.717, 1.165) is 19.1 Å². The van der Waals surface area contributed by atoms with E-state index in [1.807, 2.05) is 0 Å². The maximum Gasteiger partial charge on any atom is 0.229 e. The van der Waals surface area contributed by atoms with Gasteiger partial charge in [0.1, 0.15) is 12.0 Å². The minimum absolute atomic E-state index is 0.136. The van der Waals surface area contributed by atoms with Crippen molar-refractivity contribution in [3.63, 3.8) is 0 Å². The van der Waals surface area contributed by atoms with Crippen LogP contribution in [0.25, 0.3) is 0 Å². The average Bonchev–Trinajstić information content (AvgIpc) is 3.02. The predicted octanol–water partition coefficient (Wildman–Crippen LogP) is 1.41. The Morgan fingerprint density at radius 1 is 1.41 bits per heavy atom. The van der Waals surface area contributed by atoms with E-state index in [9.17, 15) is 13.2 Å². The molecule has 0 aliphatic heterocycles. The van der Waals surface area contributed by atoms with Crippen molar-refractivity contribution in [3.8, 4) is 5.75 Å². The second kappa shape index (κ2) is 4.37. The second-order valence-electron chi connectivity index (χ2n) is 4.06. The topological polar surface area (TPSA) is 72.5 Å². The van der Waals surface area contributed by atoms with Crippen LogP contribution in [0.4, 0.5) is 5.69 Å². The van der Waals surface area contributed by atoms with Crippen LogP contribution in [0.3, 0.4) is 0 Å². The fourth-order valence-corrected chi connectivity index (χ4v) is 1.93. The molecule has 0 saturated heterocycles. The molecule has 1 N–H and O–H groups in total. The molecule has 0 unspecified atom stereocenters. The summed E-state index contributed by atoms with van der Waals surface area (Å²) in [4.78, 5) is 10.7. The number of nitrogens with one attached hydrogen (secondary N) is 1. The molecule has 17 heavy (non-hydrogen) atoms. The van der Waals surface area contributed by atoms with Gasteiger partial charge in [-0.2, -0.15) is 0 Å². The Balaban J connectivity index is 2.31. The molecule has 1 aliphatic carbocycles. The normalized spacial score (nSPS) is 15.4. The largest absolute Gasteiger partial charge is 0.488 e. The van der Waals surface area contributed by atoms with Gasteiger partial charge in [-0.25, -0.2) is 8.42 Å². The summed E-state index contributed by atoms with van der Waals surface area (Å²) in [5, 5.41) is 0. The van der Waals surface area contributed by atoms with E-state index in [1.54, 1.807) is 12.1 Å². The first-order chi connectivity index (χ1) is 7.98. The molecule has 1 fully saturated rings. The third-order valence-electron chi connectivity index (χ3n) is 2.26. The number of carbonyl (C=O) groups is 1. The van der Waals surface area contributed by atoms with Crippen molar-refractivity contribution >= 4 is 22.0 Å². The molecule has 0 amide bonds. The van der Waals surface area contributed by atoms with Crippen molar-refractivity contribution in [3.05, 3.63) is 23.8 Å². The van der Waals surface area contributed by atoms with Gasteiger partial charge in [0.15, 0.2) is 0 Å². The van der Waals surface area contributed by atoms with E-state index in [1.165, 1.54) is 6.07 Å². The van der Waals surface area contributed by atoms with Crippen LogP contribution in [0.5, 0.6) is 5.75 Å². The summed E-state index contributed by atoms with van der Waals surface area (Å²) in [6, 6.07) is 4.61. The Labute approximate surface area is 99.8 Å². The van der Waals surface area contributed by atoms with E-state index < -0.39 is 10.0 Å². The molecule has 1 aliphatic rings. The lowest BCUT2D eigenvalue weighted by Gasteiger charge is -2.12. The lowest BCUT2D eigenvalue weighted by molar-refractivity contribution is 0.112. The van der Waals surface area contributed by atoms with Crippen LogP contribution >= 0.6 is 0 Å². The molecule has 0 atom stereocenters. The summed E-state index contributed by atoms with van der Waals surface area (Å²) in [6.07, 6.45) is 3.83. The van der Waals surface area contributed by atoms with Crippen molar-refractivity contribution < 1.29 is 17.9 Å². The van der Waals surface area contributed by atoms with Crippen molar-refractivity contribution in [2.75, 3.05) is 11.0 Å². The Bertz CT molecular complexity index is 534. The van der Waals surface area contributed by atoms with Crippen LogP contribution in [0.15, 0.2) is 18.2 Å². The van der Waals surface area contributed by atoms with Gasteiger partial charge in [0, 0.05) is 5.56 Å². The van der Waals surface area contributed by atoms with Gasteiger partial charge in [0.2, 0.25) is 10.0 Å². The van der Waals surface area contributed by atoms with Gasteiger partial charge in [-0.3, -0.25) is 9.52 Å². The Hall–Kier alpha value is -1.56. The van der Waals surface area contributed by atoms with Crippen molar-refractivity contribution in [2.45, 2.75) is 18.9 Å². The molecule has 0 radical (unpaired) electrons. The molecule has 92 valence electrons. The maximum atomic E-state index is 11.2. The van der Waals surface area contributed by atoms with Crippen molar-refractivity contribution in [1.29, 1.82) is 0 Å². The Kier molecular flexibility index (Phi) is 3.06. The third kappa shape index (κ3) is 3.45. The Morgan fingerprint density at radius 2 is 2.12 bits per heavy atom. The number of ether oxygens (including phenoxy) is 1. The van der Waals surface area contributed by atoms with Gasteiger partial charge >= 0.3 is 0 Å². The van der Waals surface area contributed by atoms with Crippen LogP contribution in [-0.4, -0.2) is 27.1 Å². The monoisotopic (exact) mass is 255 g/mol. The lowest BCUT2D eigenvalue weighted by atomic mass is 10.2. The third-order valence-corrected chi connectivity index (χ3v) is 2.85. The summed E-state index contributed by atoms with van der Waals surface area (Å²) in [5.41, 5.74) is 0.824. The summed E-state index contributed by atoms with van der Waals surface area (Å²) < 4.78 is 30.3. The van der Waals surface area contributed by atoms with Gasteiger partial charge < -0.3 is 4.74 Å². The van der Waals surface area contributed by atoms with E-state index in [4.69, 9.17) is 4.74 Å². The molecule has 0 spiro atoms. The highest BCUT2D eigenvalue weighted by atomic mass is 32.2. The van der Waals surface area contributed by atoms with E-state index in [-0.39, 0.29) is 6.10 Å². The Morgan fingerprint density at radius 3 is 2.65 bits per heavy atom. The van der Waals surface area contributed by atoms with Gasteiger partial charge in [0.25, 0.3) is 0 Å². The predicted molar refractivity (Wildman–Crippen MR) is 63.9 cm³/mol. The van der Waals surface area contributed by atoms with Crippen LogP contribution in [-0.2, 0) is 10.0 Å². The number of rotatable bonds is 5. The fraction of sp³-hybridized carbons (Fsp3) is 0.364. The number of hydrogen-bond acceptors (Lipinski definition) is 4. The number of carbonyl (C=O) groups excluding carboxylic acids is 1. The first-order valence-corrected chi connectivity index (χ1v) is 7.11. The fourth-order valence-electron chi connectivity index (χ4n) is 1.36. The standard InChI is InChI=1S/C11H13NO4S/c1-17(14,15)12-10-5-2-8(7-13)6-11(10)16-9-3-4-9/h2,5-7,9,12H,3-4H2,1H3. The molecule has 0 aromatic heterocycles. The minimum Gasteiger partial charge on any atom is -0.488 e. The number of anilines is 1. The van der Waals surface area contributed by atoms with Crippen molar-refractivity contribution in [1.82, 2.24) is 0 Å².